The third-order valence-electron chi connectivity index (χ3n) is 6.01. The number of pyridine rings is 2. The lowest BCUT2D eigenvalue weighted by Gasteiger charge is -2.36. The quantitative estimate of drug-likeness (QED) is 0.508. The molecule has 2 aromatic rings. The second-order valence-corrected chi connectivity index (χ2v) is 10.4. The van der Waals surface area contributed by atoms with E-state index in [0.717, 1.165) is 13.0 Å². The maximum absolute atomic E-state index is 14.5. The summed E-state index contributed by atoms with van der Waals surface area (Å²) < 4.78 is 68.3. The van der Waals surface area contributed by atoms with E-state index in [9.17, 15) is 27.2 Å². The summed E-state index contributed by atoms with van der Waals surface area (Å²) in [4.78, 5) is 36.0. The minimum atomic E-state index is -3.49. The minimum Gasteiger partial charge on any atom is -0.444 e. The van der Waals surface area contributed by atoms with Crippen LogP contribution in [0.2, 0.25) is 0 Å². The molecule has 4 heterocycles. The number of nitrogens with zero attached hydrogens (tertiary/aromatic N) is 4. The monoisotopic (exact) mass is 539 g/mol. The third kappa shape index (κ3) is 5.91. The number of hydrogen-bond donors (Lipinski definition) is 1. The van der Waals surface area contributed by atoms with Crippen molar-refractivity contribution in [2.75, 3.05) is 36.4 Å². The van der Waals surface area contributed by atoms with Crippen molar-refractivity contribution in [3.63, 3.8) is 0 Å². The van der Waals surface area contributed by atoms with E-state index in [2.05, 4.69) is 15.3 Å². The molecular formula is C25H29F4N5O4. The Kier molecular flexibility index (Phi) is 6.91. The first kappa shape index (κ1) is 27.4. The molecule has 0 bridgehead atoms. The van der Waals surface area contributed by atoms with Gasteiger partial charge >= 0.3 is 12.2 Å². The molecule has 1 N–H and O–H groups in total. The average Bonchev–Trinajstić information content (AvgIpc) is 2.80. The van der Waals surface area contributed by atoms with E-state index in [0.29, 0.717) is 6.92 Å². The van der Waals surface area contributed by atoms with Crippen LogP contribution in [0.3, 0.4) is 0 Å². The Balaban J connectivity index is 1.72. The van der Waals surface area contributed by atoms with Gasteiger partial charge in [-0.05, 0) is 39.0 Å². The lowest BCUT2D eigenvalue weighted by molar-refractivity contribution is -0.0984. The molecule has 38 heavy (non-hydrogen) atoms. The van der Waals surface area contributed by atoms with Crippen LogP contribution in [0.5, 0.6) is 0 Å². The van der Waals surface area contributed by atoms with Gasteiger partial charge in [0.15, 0.2) is 6.10 Å². The highest BCUT2D eigenvalue weighted by molar-refractivity contribution is 5.89. The number of fused-ring (bicyclic) bond motifs is 1. The molecule has 4 rings (SSSR count). The average molecular weight is 540 g/mol. The summed E-state index contributed by atoms with van der Waals surface area (Å²) >= 11 is 0. The van der Waals surface area contributed by atoms with Gasteiger partial charge < -0.3 is 19.3 Å². The fourth-order valence-electron chi connectivity index (χ4n) is 4.22. The van der Waals surface area contributed by atoms with Crippen LogP contribution in [0.25, 0.3) is 11.3 Å². The Bertz CT molecular complexity index is 1230. The number of aromatic nitrogens is 2. The number of alkyl halides is 4. The number of hydrogen-bond acceptors (Lipinski definition) is 7. The van der Waals surface area contributed by atoms with Gasteiger partial charge in [0.05, 0.1) is 11.3 Å². The van der Waals surface area contributed by atoms with Crippen molar-refractivity contribution < 1.29 is 36.6 Å². The topological polar surface area (TPSA) is 96.9 Å². The van der Waals surface area contributed by atoms with Crippen LogP contribution in [-0.4, -0.2) is 64.8 Å². The van der Waals surface area contributed by atoms with Gasteiger partial charge in [-0.1, -0.05) is 0 Å². The molecule has 9 nitrogen and oxygen atoms in total. The molecule has 1 atom stereocenters. The smallest absolute Gasteiger partial charge is 0.413 e. The zero-order chi connectivity index (χ0) is 28.0. The fraction of sp³-hybridized carbons (Fsp3) is 0.520. The SMILES string of the molecule is CC(C)(C)OC(=O)N1CCN(c2cc(C(C)(F)F)cc(-c3ccnc4c3C(C(C)(F)F)OC(=O)N4)n2)CC1. The number of ether oxygens (including phenoxy) is 2. The van der Waals surface area contributed by atoms with Crippen molar-refractivity contribution in [2.24, 2.45) is 0 Å². The largest absolute Gasteiger partial charge is 0.444 e. The molecule has 2 aliphatic rings. The molecule has 13 heteroatoms. The highest BCUT2D eigenvalue weighted by Crippen LogP contribution is 2.45. The maximum atomic E-state index is 14.5. The van der Waals surface area contributed by atoms with E-state index in [1.807, 2.05) is 0 Å². The number of anilines is 2. The van der Waals surface area contributed by atoms with E-state index in [-0.39, 0.29) is 60.2 Å². The van der Waals surface area contributed by atoms with Crippen LogP contribution in [0.15, 0.2) is 24.4 Å². The second kappa shape index (κ2) is 9.59. The summed E-state index contributed by atoms with van der Waals surface area (Å²) in [7, 11) is 0. The van der Waals surface area contributed by atoms with E-state index >= 15 is 0 Å². The predicted octanol–water partition coefficient (Wildman–Crippen LogP) is 5.57. The zero-order valence-electron chi connectivity index (χ0n) is 21.6. The lowest BCUT2D eigenvalue weighted by Crippen LogP contribution is -2.50. The van der Waals surface area contributed by atoms with Crippen LogP contribution in [0.4, 0.5) is 38.8 Å². The molecule has 1 fully saturated rings. The van der Waals surface area contributed by atoms with Gasteiger partial charge in [0.25, 0.3) is 11.8 Å². The van der Waals surface area contributed by atoms with Crippen molar-refractivity contribution in [1.29, 1.82) is 0 Å². The van der Waals surface area contributed by atoms with E-state index in [1.54, 1.807) is 25.7 Å². The van der Waals surface area contributed by atoms with Crippen molar-refractivity contribution in [2.45, 2.75) is 58.2 Å². The van der Waals surface area contributed by atoms with Gasteiger partial charge in [-0.2, -0.15) is 0 Å². The Morgan fingerprint density at radius 1 is 1.08 bits per heavy atom. The molecule has 0 aromatic carbocycles. The zero-order valence-corrected chi connectivity index (χ0v) is 21.6. The van der Waals surface area contributed by atoms with E-state index in [4.69, 9.17) is 9.47 Å². The first-order chi connectivity index (χ1) is 17.5. The number of piperazine rings is 1. The molecule has 0 spiro atoms. The summed E-state index contributed by atoms with van der Waals surface area (Å²) in [5.41, 5.74) is -1.14. The first-order valence-corrected chi connectivity index (χ1v) is 12.0. The highest BCUT2D eigenvalue weighted by atomic mass is 19.3. The van der Waals surface area contributed by atoms with Crippen LogP contribution >= 0.6 is 0 Å². The van der Waals surface area contributed by atoms with Crippen molar-refractivity contribution in [1.82, 2.24) is 14.9 Å². The van der Waals surface area contributed by atoms with Crippen molar-refractivity contribution in [3.05, 3.63) is 35.5 Å². The number of cyclic esters (lactones) is 1. The molecule has 2 amide bonds. The van der Waals surface area contributed by atoms with Crippen molar-refractivity contribution >= 4 is 23.8 Å². The second-order valence-electron chi connectivity index (χ2n) is 10.4. The normalized spacial score (nSPS) is 18.4. The number of halogens is 4. The van der Waals surface area contributed by atoms with Gasteiger partial charge in [0, 0.05) is 57.4 Å². The Labute approximate surface area is 217 Å². The fourth-order valence-corrected chi connectivity index (χ4v) is 4.22. The van der Waals surface area contributed by atoms with Crippen LogP contribution in [0.1, 0.15) is 51.8 Å². The summed E-state index contributed by atoms with van der Waals surface area (Å²) in [5.74, 6) is -6.73. The Hall–Kier alpha value is -3.64. The van der Waals surface area contributed by atoms with Gasteiger partial charge in [0.2, 0.25) is 0 Å². The van der Waals surface area contributed by atoms with Crippen LogP contribution in [0, 0.1) is 0 Å². The molecule has 1 unspecified atom stereocenters. The molecule has 0 aliphatic carbocycles. The van der Waals surface area contributed by atoms with Gasteiger partial charge in [-0.15, -0.1) is 0 Å². The molecule has 2 aliphatic heterocycles. The summed E-state index contributed by atoms with van der Waals surface area (Å²) in [5, 5.41) is 2.29. The first-order valence-electron chi connectivity index (χ1n) is 12.0. The Morgan fingerprint density at radius 3 is 2.32 bits per heavy atom. The van der Waals surface area contributed by atoms with Gasteiger partial charge in [-0.3, -0.25) is 5.32 Å². The number of carbonyl (C=O) groups excluding carboxylic acids is 2. The van der Waals surface area contributed by atoms with Crippen LogP contribution in [-0.2, 0) is 15.4 Å². The van der Waals surface area contributed by atoms with Crippen LogP contribution < -0.4 is 10.2 Å². The summed E-state index contributed by atoms with van der Waals surface area (Å²) in [6.45, 7) is 7.71. The lowest BCUT2D eigenvalue weighted by atomic mass is 9.95. The molecule has 2 aromatic heterocycles. The summed E-state index contributed by atoms with van der Waals surface area (Å²) in [6.07, 6.45) is -2.30. The number of amides is 2. The van der Waals surface area contributed by atoms with Gasteiger partial charge in [0.1, 0.15) is 17.2 Å². The minimum absolute atomic E-state index is 0.0127. The third-order valence-corrected chi connectivity index (χ3v) is 6.01. The standard InChI is InChI=1S/C25H29F4N5O4/c1-23(2,3)38-22(36)34-10-8-33(9-11-34)17-13-14(24(4,26)27)12-16(31-17)15-6-7-30-20-18(15)19(25(5,28)29)37-21(35)32-20/h6-7,12-13,19H,8-11H2,1-5H3,(H,30,32,35). The van der Waals surface area contributed by atoms with Gasteiger partial charge in [-0.25, -0.2) is 37.1 Å². The Morgan fingerprint density at radius 2 is 1.74 bits per heavy atom. The highest BCUT2D eigenvalue weighted by Gasteiger charge is 2.45. The molecule has 0 saturated carbocycles. The number of carbonyl (C=O) groups is 2. The predicted molar refractivity (Wildman–Crippen MR) is 131 cm³/mol. The number of nitrogens with one attached hydrogen (secondary N) is 1. The summed E-state index contributed by atoms with van der Waals surface area (Å²) in [6, 6.07) is 3.73. The van der Waals surface area contributed by atoms with E-state index < -0.39 is 35.7 Å². The van der Waals surface area contributed by atoms with E-state index in [1.165, 1.54) is 23.2 Å². The maximum Gasteiger partial charge on any atom is 0.413 e. The van der Waals surface area contributed by atoms with Crippen molar-refractivity contribution in [3.8, 4) is 11.3 Å². The molecular weight excluding hydrogens is 510 g/mol. The number of rotatable bonds is 4. The molecule has 1 saturated heterocycles. The molecule has 0 radical (unpaired) electrons. The molecule has 206 valence electrons.